The molecule has 0 aromatic heterocycles. The summed E-state index contributed by atoms with van der Waals surface area (Å²) < 4.78 is 5.68. The van der Waals surface area contributed by atoms with Gasteiger partial charge in [0.05, 0.1) is 17.7 Å². The summed E-state index contributed by atoms with van der Waals surface area (Å²) in [6.07, 6.45) is 1.74. The summed E-state index contributed by atoms with van der Waals surface area (Å²) >= 11 is 0. The van der Waals surface area contributed by atoms with Gasteiger partial charge >= 0.3 is 0 Å². The molecule has 2 atom stereocenters. The van der Waals surface area contributed by atoms with Crippen molar-refractivity contribution in [2.24, 2.45) is 0 Å². The van der Waals surface area contributed by atoms with Crippen LogP contribution in [0.2, 0.25) is 0 Å². The van der Waals surface area contributed by atoms with Crippen LogP contribution in [0.1, 0.15) is 30.0 Å². The van der Waals surface area contributed by atoms with Crippen molar-refractivity contribution in [1.29, 1.82) is 0 Å². The smallest absolute Gasteiger partial charge is 0.295 e. The minimum absolute atomic E-state index is 0.0776. The van der Waals surface area contributed by atoms with Crippen LogP contribution in [0.3, 0.4) is 0 Å². The van der Waals surface area contributed by atoms with Gasteiger partial charge in [0.15, 0.2) is 0 Å². The summed E-state index contributed by atoms with van der Waals surface area (Å²) in [7, 11) is 0. The number of carbonyl (C=O) groups is 2. The first-order valence-corrected chi connectivity index (χ1v) is 9.17. The number of hydrogen-bond donors (Lipinski definition) is 1. The Hall–Kier alpha value is -2.92. The van der Waals surface area contributed by atoms with E-state index in [9.17, 15) is 14.7 Å². The van der Waals surface area contributed by atoms with E-state index in [2.05, 4.69) is 0 Å². The second kappa shape index (κ2) is 7.37. The first kappa shape index (κ1) is 17.5. The van der Waals surface area contributed by atoms with E-state index in [1.54, 1.807) is 29.2 Å². The molecule has 27 heavy (non-hydrogen) atoms. The van der Waals surface area contributed by atoms with E-state index < -0.39 is 17.7 Å². The van der Waals surface area contributed by atoms with Gasteiger partial charge in [-0.15, -0.1) is 0 Å². The maximum Gasteiger partial charge on any atom is 0.295 e. The minimum Gasteiger partial charge on any atom is -0.507 e. The zero-order valence-corrected chi connectivity index (χ0v) is 14.9. The number of likely N-dealkylation sites (tertiary alicyclic amines) is 1. The number of benzene rings is 2. The third-order valence-corrected chi connectivity index (χ3v) is 5.13. The Morgan fingerprint density at radius 2 is 1.70 bits per heavy atom. The van der Waals surface area contributed by atoms with Crippen molar-refractivity contribution in [3.05, 3.63) is 77.4 Å². The fourth-order valence-corrected chi connectivity index (χ4v) is 3.81. The quantitative estimate of drug-likeness (QED) is 0.514. The van der Waals surface area contributed by atoms with E-state index in [0.717, 1.165) is 18.4 Å². The van der Waals surface area contributed by atoms with E-state index in [0.29, 0.717) is 18.7 Å². The molecule has 2 aliphatic heterocycles. The van der Waals surface area contributed by atoms with Crippen LogP contribution in [0.15, 0.2) is 66.2 Å². The summed E-state index contributed by atoms with van der Waals surface area (Å²) in [5.74, 6) is -1.38. The Kier molecular flexibility index (Phi) is 4.77. The Bertz CT molecular complexity index is 870. The van der Waals surface area contributed by atoms with Crippen molar-refractivity contribution in [3.63, 3.8) is 0 Å². The van der Waals surface area contributed by atoms with Crippen LogP contribution in [0.25, 0.3) is 5.76 Å². The summed E-state index contributed by atoms with van der Waals surface area (Å²) in [5.41, 5.74) is 1.45. The average Bonchev–Trinajstić information content (AvgIpc) is 3.31. The number of ether oxygens (including phenoxy) is 1. The first-order chi connectivity index (χ1) is 13.2. The Morgan fingerprint density at radius 1 is 1.04 bits per heavy atom. The molecular weight excluding hydrogens is 342 g/mol. The van der Waals surface area contributed by atoms with E-state index >= 15 is 0 Å². The number of rotatable bonds is 4. The summed E-state index contributed by atoms with van der Waals surface area (Å²) in [5, 5.41) is 10.9. The lowest BCUT2D eigenvalue weighted by Gasteiger charge is -2.27. The Balaban J connectivity index is 1.81. The van der Waals surface area contributed by atoms with Gasteiger partial charge in [0.25, 0.3) is 11.7 Å². The lowest BCUT2D eigenvalue weighted by molar-refractivity contribution is -0.140. The van der Waals surface area contributed by atoms with Gasteiger partial charge in [-0.05, 0) is 18.4 Å². The molecule has 0 bridgehead atoms. The average molecular weight is 363 g/mol. The van der Waals surface area contributed by atoms with Gasteiger partial charge < -0.3 is 14.7 Å². The molecule has 5 heteroatoms. The van der Waals surface area contributed by atoms with Gasteiger partial charge in [0.1, 0.15) is 5.76 Å². The van der Waals surface area contributed by atoms with Crippen LogP contribution in [-0.2, 0) is 14.3 Å². The van der Waals surface area contributed by atoms with Crippen molar-refractivity contribution in [2.45, 2.75) is 25.0 Å². The van der Waals surface area contributed by atoms with E-state index in [-0.39, 0.29) is 17.4 Å². The highest BCUT2D eigenvalue weighted by molar-refractivity contribution is 6.46. The third kappa shape index (κ3) is 3.26. The van der Waals surface area contributed by atoms with Crippen LogP contribution in [0, 0.1) is 0 Å². The number of hydrogen-bond acceptors (Lipinski definition) is 4. The predicted molar refractivity (Wildman–Crippen MR) is 101 cm³/mol. The molecule has 0 radical (unpaired) electrons. The molecule has 138 valence electrons. The second-order valence-electron chi connectivity index (χ2n) is 6.86. The maximum absolute atomic E-state index is 12.8. The van der Waals surface area contributed by atoms with Crippen LogP contribution >= 0.6 is 0 Å². The highest BCUT2D eigenvalue weighted by Gasteiger charge is 2.46. The molecule has 4 rings (SSSR count). The SMILES string of the molecule is O=C1C(=O)N(C[C@H]2CCCO2)[C@H](c2ccccc2)/C1=C(\O)c1ccccc1. The van der Waals surface area contributed by atoms with Crippen molar-refractivity contribution in [1.82, 2.24) is 4.90 Å². The van der Waals surface area contributed by atoms with Crippen LogP contribution in [0.4, 0.5) is 0 Å². The second-order valence-corrected chi connectivity index (χ2v) is 6.86. The van der Waals surface area contributed by atoms with Crippen molar-refractivity contribution in [3.8, 4) is 0 Å². The highest BCUT2D eigenvalue weighted by atomic mass is 16.5. The van der Waals surface area contributed by atoms with E-state index in [4.69, 9.17) is 4.74 Å². The van der Waals surface area contributed by atoms with Gasteiger partial charge in [-0.25, -0.2) is 0 Å². The molecule has 1 amide bonds. The normalized spacial score (nSPS) is 24.5. The molecule has 0 aliphatic carbocycles. The van der Waals surface area contributed by atoms with E-state index in [1.807, 2.05) is 36.4 Å². The number of carbonyl (C=O) groups excluding carboxylic acids is 2. The number of amides is 1. The summed E-state index contributed by atoms with van der Waals surface area (Å²) in [6.45, 7) is 1.02. The molecule has 2 saturated heterocycles. The topological polar surface area (TPSA) is 66.8 Å². The standard InChI is InChI=1S/C22H21NO4/c24-20(16-10-5-2-6-11-16)18-19(15-8-3-1-4-9-15)23(22(26)21(18)25)14-17-12-7-13-27-17/h1-6,8-11,17,19,24H,7,12-14H2/b20-18+/t17-,19-/m1/s1. The number of aliphatic hydroxyl groups excluding tert-OH is 1. The van der Waals surface area contributed by atoms with Gasteiger partial charge in [0, 0.05) is 18.7 Å². The number of nitrogens with zero attached hydrogens (tertiary/aromatic N) is 1. The fourth-order valence-electron chi connectivity index (χ4n) is 3.81. The number of Topliss-reactive ketones (excluding diaryl/α,β-unsaturated/α-hetero) is 1. The maximum atomic E-state index is 12.8. The zero-order chi connectivity index (χ0) is 18.8. The monoisotopic (exact) mass is 363 g/mol. The molecule has 2 aliphatic rings. The van der Waals surface area contributed by atoms with Crippen LogP contribution in [-0.4, -0.2) is 41.0 Å². The van der Waals surface area contributed by atoms with Gasteiger partial charge in [-0.1, -0.05) is 60.7 Å². The zero-order valence-electron chi connectivity index (χ0n) is 14.9. The number of ketones is 1. The molecule has 2 heterocycles. The first-order valence-electron chi connectivity index (χ1n) is 9.17. The third-order valence-electron chi connectivity index (χ3n) is 5.13. The molecular formula is C22H21NO4. The van der Waals surface area contributed by atoms with Gasteiger partial charge in [-0.3, -0.25) is 9.59 Å². The summed E-state index contributed by atoms with van der Waals surface area (Å²) in [4.78, 5) is 27.2. The Labute approximate surface area is 157 Å². The van der Waals surface area contributed by atoms with Gasteiger partial charge in [-0.2, -0.15) is 0 Å². The summed E-state index contributed by atoms with van der Waals surface area (Å²) in [6, 6.07) is 17.6. The van der Waals surface area contributed by atoms with E-state index in [1.165, 1.54) is 0 Å². The lowest BCUT2D eigenvalue weighted by atomic mass is 9.95. The van der Waals surface area contributed by atoms with Crippen LogP contribution < -0.4 is 0 Å². The van der Waals surface area contributed by atoms with Crippen molar-refractivity contribution < 1.29 is 19.4 Å². The Morgan fingerprint density at radius 3 is 2.33 bits per heavy atom. The molecule has 2 fully saturated rings. The minimum atomic E-state index is -0.650. The predicted octanol–water partition coefficient (Wildman–Crippen LogP) is 3.29. The molecule has 0 unspecified atom stereocenters. The largest absolute Gasteiger partial charge is 0.507 e. The molecule has 0 spiro atoms. The number of aliphatic hydroxyl groups is 1. The van der Waals surface area contributed by atoms with Crippen molar-refractivity contribution >= 4 is 17.4 Å². The molecule has 2 aromatic carbocycles. The highest BCUT2D eigenvalue weighted by Crippen LogP contribution is 2.39. The molecule has 5 nitrogen and oxygen atoms in total. The lowest BCUT2D eigenvalue weighted by Crippen LogP contribution is -2.36. The molecule has 2 aromatic rings. The molecule has 1 N–H and O–H groups in total. The fraction of sp³-hybridized carbons (Fsp3) is 0.273. The van der Waals surface area contributed by atoms with Gasteiger partial charge in [0.2, 0.25) is 0 Å². The van der Waals surface area contributed by atoms with Crippen LogP contribution in [0.5, 0.6) is 0 Å². The molecule has 0 saturated carbocycles. The van der Waals surface area contributed by atoms with Crippen molar-refractivity contribution in [2.75, 3.05) is 13.2 Å².